The summed E-state index contributed by atoms with van der Waals surface area (Å²) in [7, 11) is 0. The lowest BCUT2D eigenvalue weighted by Gasteiger charge is -2.33. The minimum Gasteiger partial charge on any atom is -0.377 e. The van der Waals surface area contributed by atoms with E-state index in [9.17, 15) is 0 Å². The Balaban J connectivity index is 2.18. The van der Waals surface area contributed by atoms with E-state index in [0.29, 0.717) is 11.5 Å². The molecule has 68 valence electrons. The highest BCUT2D eigenvalue weighted by atomic mass is 16.5. The molecule has 12 heavy (non-hydrogen) atoms. The van der Waals surface area contributed by atoms with Crippen molar-refractivity contribution in [3.05, 3.63) is 11.1 Å². The maximum Gasteiger partial charge on any atom is 0.0702 e. The Labute approximate surface area is 74.8 Å². The first-order chi connectivity index (χ1) is 5.68. The van der Waals surface area contributed by atoms with Gasteiger partial charge in [0.2, 0.25) is 0 Å². The summed E-state index contributed by atoms with van der Waals surface area (Å²) in [6.45, 7) is 7.61. The van der Waals surface area contributed by atoms with Crippen molar-refractivity contribution >= 4 is 0 Å². The van der Waals surface area contributed by atoms with Crippen LogP contribution in [0.3, 0.4) is 0 Å². The van der Waals surface area contributed by atoms with Gasteiger partial charge in [-0.1, -0.05) is 18.1 Å². The smallest absolute Gasteiger partial charge is 0.0702 e. The second-order valence-corrected chi connectivity index (χ2v) is 4.29. The SMILES string of the molecule is CCOC1CC2=C(C)C1(C)CC2. The number of hydrogen-bond donors (Lipinski definition) is 0. The monoisotopic (exact) mass is 166 g/mol. The van der Waals surface area contributed by atoms with Crippen molar-refractivity contribution in [1.82, 2.24) is 0 Å². The van der Waals surface area contributed by atoms with E-state index in [2.05, 4.69) is 20.8 Å². The molecule has 0 aromatic carbocycles. The Morgan fingerprint density at radius 2 is 2.33 bits per heavy atom. The Kier molecular flexibility index (Phi) is 1.80. The van der Waals surface area contributed by atoms with Gasteiger partial charge in [-0.05, 0) is 33.1 Å². The van der Waals surface area contributed by atoms with Crippen molar-refractivity contribution in [2.24, 2.45) is 5.41 Å². The molecule has 0 radical (unpaired) electrons. The number of fused-ring (bicyclic) bond motifs is 1. The zero-order valence-electron chi connectivity index (χ0n) is 8.31. The zero-order chi connectivity index (χ0) is 8.77. The van der Waals surface area contributed by atoms with Crippen molar-refractivity contribution in [3.63, 3.8) is 0 Å². The molecule has 0 fully saturated rings. The molecule has 2 aliphatic rings. The molecule has 0 spiro atoms. The molecule has 0 aliphatic heterocycles. The largest absolute Gasteiger partial charge is 0.377 e. The number of rotatable bonds is 2. The van der Waals surface area contributed by atoms with E-state index in [1.54, 1.807) is 11.1 Å². The van der Waals surface area contributed by atoms with E-state index in [0.717, 1.165) is 6.61 Å². The van der Waals surface area contributed by atoms with Crippen LogP contribution in [-0.2, 0) is 4.74 Å². The first-order valence-electron chi connectivity index (χ1n) is 4.99. The molecule has 0 saturated carbocycles. The van der Waals surface area contributed by atoms with E-state index in [-0.39, 0.29) is 0 Å². The van der Waals surface area contributed by atoms with Crippen LogP contribution in [0.2, 0.25) is 0 Å². The summed E-state index contributed by atoms with van der Waals surface area (Å²) in [4.78, 5) is 0. The minimum absolute atomic E-state index is 0.394. The summed E-state index contributed by atoms with van der Waals surface area (Å²) < 4.78 is 5.77. The van der Waals surface area contributed by atoms with Crippen LogP contribution in [-0.4, -0.2) is 12.7 Å². The zero-order valence-corrected chi connectivity index (χ0v) is 8.31. The molecule has 0 aromatic rings. The van der Waals surface area contributed by atoms with E-state index in [1.165, 1.54) is 19.3 Å². The third kappa shape index (κ3) is 0.891. The normalized spacial score (nSPS) is 39.8. The van der Waals surface area contributed by atoms with Crippen molar-refractivity contribution in [3.8, 4) is 0 Å². The quantitative estimate of drug-likeness (QED) is 0.573. The Morgan fingerprint density at radius 3 is 2.75 bits per heavy atom. The lowest BCUT2D eigenvalue weighted by atomic mass is 9.79. The van der Waals surface area contributed by atoms with Crippen molar-refractivity contribution < 1.29 is 4.74 Å². The number of ether oxygens (including phenoxy) is 1. The molecule has 1 heteroatoms. The molecule has 2 rings (SSSR count). The van der Waals surface area contributed by atoms with Gasteiger partial charge in [-0.15, -0.1) is 0 Å². The topological polar surface area (TPSA) is 9.23 Å². The molecule has 0 amide bonds. The van der Waals surface area contributed by atoms with E-state index < -0.39 is 0 Å². The van der Waals surface area contributed by atoms with Gasteiger partial charge in [0.15, 0.2) is 0 Å². The van der Waals surface area contributed by atoms with E-state index in [4.69, 9.17) is 4.74 Å². The van der Waals surface area contributed by atoms with Crippen LogP contribution in [0.1, 0.15) is 40.0 Å². The van der Waals surface area contributed by atoms with Gasteiger partial charge in [0.1, 0.15) is 0 Å². The summed E-state index contributed by atoms with van der Waals surface area (Å²) >= 11 is 0. The average Bonchev–Trinajstić information content (AvgIpc) is 2.43. The third-order valence-electron chi connectivity index (χ3n) is 3.84. The van der Waals surface area contributed by atoms with Gasteiger partial charge in [0.05, 0.1) is 6.10 Å². The molecule has 2 aliphatic carbocycles. The maximum atomic E-state index is 5.77. The molecule has 0 heterocycles. The predicted molar refractivity (Wildman–Crippen MR) is 50.1 cm³/mol. The van der Waals surface area contributed by atoms with Gasteiger partial charge in [-0.25, -0.2) is 0 Å². The fourth-order valence-electron chi connectivity index (χ4n) is 2.74. The molecule has 0 N–H and O–H groups in total. The summed E-state index contributed by atoms with van der Waals surface area (Å²) in [6, 6.07) is 0. The summed E-state index contributed by atoms with van der Waals surface area (Å²) in [5.74, 6) is 0. The lowest BCUT2D eigenvalue weighted by molar-refractivity contribution is -0.00846. The Hall–Kier alpha value is -0.300. The van der Waals surface area contributed by atoms with Crippen LogP contribution in [0.4, 0.5) is 0 Å². The second-order valence-electron chi connectivity index (χ2n) is 4.29. The van der Waals surface area contributed by atoms with Crippen LogP contribution < -0.4 is 0 Å². The highest BCUT2D eigenvalue weighted by molar-refractivity contribution is 5.34. The lowest BCUT2D eigenvalue weighted by Crippen LogP contribution is -2.32. The second kappa shape index (κ2) is 2.59. The van der Waals surface area contributed by atoms with Gasteiger partial charge >= 0.3 is 0 Å². The van der Waals surface area contributed by atoms with Gasteiger partial charge < -0.3 is 4.74 Å². The van der Waals surface area contributed by atoms with Crippen molar-refractivity contribution in [2.45, 2.75) is 46.1 Å². The standard InChI is InChI=1S/C11H18O/c1-4-12-10-7-9-5-6-11(10,3)8(9)2/h10H,4-7H2,1-3H3. The van der Waals surface area contributed by atoms with Crippen LogP contribution >= 0.6 is 0 Å². The highest BCUT2D eigenvalue weighted by Crippen LogP contribution is 2.54. The fourth-order valence-corrected chi connectivity index (χ4v) is 2.74. The molecule has 0 aromatic heterocycles. The average molecular weight is 166 g/mol. The highest BCUT2D eigenvalue weighted by Gasteiger charge is 2.47. The van der Waals surface area contributed by atoms with Gasteiger partial charge in [0.25, 0.3) is 0 Å². The molecular formula is C11H18O. The molecular weight excluding hydrogens is 148 g/mol. The van der Waals surface area contributed by atoms with Crippen molar-refractivity contribution in [2.75, 3.05) is 6.61 Å². The fraction of sp³-hybridized carbons (Fsp3) is 0.818. The predicted octanol–water partition coefficient (Wildman–Crippen LogP) is 2.91. The van der Waals surface area contributed by atoms with Crippen LogP contribution in [0.5, 0.6) is 0 Å². The van der Waals surface area contributed by atoms with Crippen LogP contribution in [0.15, 0.2) is 11.1 Å². The number of hydrogen-bond acceptors (Lipinski definition) is 1. The third-order valence-corrected chi connectivity index (χ3v) is 3.84. The van der Waals surface area contributed by atoms with Crippen molar-refractivity contribution in [1.29, 1.82) is 0 Å². The summed E-state index contributed by atoms with van der Waals surface area (Å²) in [5, 5.41) is 0. The Morgan fingerprint density at radius 1 is 1.58 bits per heavy atom. The van der Waals surface area contributed by atoms with Crippen LogP contribution in [0, 0.1) is 5.41 Å². The summed E-state index contributed by atoms with van der Waals surface area (Å²) in [6.07, 6.45) is 4.34. The van der Waals surface area contributed by atoms with Gasteiger partial charge in [-0.3, -0.25) is 0 Å². The van der Waals surface area contributed by atoms with Gasteiger partial charge in [0, 0.05) is 12.0 Å². The molecule has 2 unspecified atom stereocenters. The van der Waals surface area contributed by atoms with E-state index in [1.807, 2.05) is 0 Å². The van der Waals surface area contributed by atoms with Crippen LogP contribution in [0.25, 0.3) is 0 Å². The molecule has 1 nitrogen and oxygen atoms in total. The van der Waals surface area contributed by atoms with Gasteiger partial charge in [-0.2, -0.15) is 0 Å². The first-order valence-corrected chi connectivity index (χ1v) is 4.99. The maximum absolute atomic E-state index is 5.77. The molecule has 2 atom stereocenters. The molecule has 0 saturated heterocycles. The Bertz CT molecular complexity index is 229. The minimum atomic E-state index is 0.394. The summed E-state index contributed by atoms with van der Waals surface area (Å²) in [5.41, 5.74) is 3.70. The first kappa shape index (κ1) is 8.31. The molecule has 2 bridgehead atoms. The van der Waals surface area contributed by atoms with E-state index >= 15 is 0 Å².